The zero-order valence-electron chi connectivity index (χ0n) is 14.6. The summed E-state index contributed by atoms with van der Waals surface area (Å²) in [6.45, 7) is 10.8. The average Bonchev–Trinajstić information content (AvgIpc) is 2.54. The normalized spacial score (nSPS) is 11.5. The highest BCUT2D eigenvalue weighted by Gasteiger charge is 2.09. The summed E-state index contributed by atoms with van der Waals surface area (Å²) in [7, 11) is 0. The van der Waals surface area contributed by atoms with Crippen LogP contribution in [-0.4, -0.2) is 0 Å². The van der Waals surface area contributed by atoms with Gasteiger partial charge in [-0.15, -0.1) is 0 Å². The summed E-state index contributed by atoms with van der Waals surface area (Å²) >= 11 is 0. The fourth-order valence-corrected chi connectivity index (χ4v) is 3.19. The molecule has 0 nitrogen and oxygen atoms in total. The van der Waals surface area contributed by atoms with E-state index in [1.165, 1.54) is 45.5 Å². The number of hydrogen-bond donors (Lipinski definition) is 0. The summed E-state index contributed by atoms with van der Waals surface area (Å²) in [6.07, 6.45) is 2.50. The van der Waals surface area contributed by atoms with Crippen molar-refractivity contribution in [2.75, 3.05) is 0 Å². The Morgan fingerprint density at radius 3 is 2.30 bits per heavy atom. The molecular formula is C23H32. The zero-order chi connectivity index (χ0) is 16.1. The lowest BCUT2D eigenvalue weighted by atomic mass is 9.90. The Labute approximate surface area is 142 Å². The summed E-state index contributed by atoms with van der Waals surface area (Å²) in [6, 6.07) is 18.1. The molecule has 0 aromatic heterocycles. The first-order chi connectivity index (χ1) is 10.7. The van der Waals surface area contributed by atoms with E-state index in [1.54, 1.807) is 0 Å². The second-order valence-electron chi connectivity index (χ2n) is 5.96. The predicted molar refractivity (Wildman–Crippen MR) is 108 cm³/mol. The Morgan fingerprint density at radius 2 is 1.61 bits per heavy atom. The third-order valence-corrected chi connectivity index (χ3v) is 4.28. The maximum atomic E-state index is 2.37. The smallest absolute Gasteiger partial charge is 0.0143 e. The molecule has 0 heterocycles. The van der Waals surface area contributed by atoms with Crippen molar-refractivity contribution in [3.8, 4) is 0 Å². The predicted octanol–water partition coefficient (Wildman–Crippen LogP) is 7.87. The first-order valence-corrected chi connectivity index (χ1v) is 8.62. The summed E-state index contributed by atoms with van der Waals surface area (Å²) < 4.78 is 0. The molecule has 0 amide bonds. The fraction of sp³-hybridized carbons (Fsp3) is 0.391. The third-order valence-electron chi connectivity index (χ3n) is 4.28. The van der Waals surface area contributed by atoms with Gasteiger partial charge in [0.25, 0.3) is 0 Å². The number of benzene rings is 3. The van der Waals surface area contributed by atoms with Gasteiger partial charge in [0, 0.05) is 0 Å². The van der Waals surface area contributed by atoms with E-state index < -0.39 is 0 Å². The van der Waals surface area contributed by atoms with Crippen molar-refractivity contribution >= 4 is 21.5 Å². The largest absolute Gasteiger partial charge is 0.0776 e. The van der Waals surface area contributed by atoms with Crippen LogP contribution in [0.2, 0.25) is 0 Å². The maximum Gasteiger partial charge on any atom is -0.0143 e. The van der Waals surface area contributed by atoms with Crippen molar-refractivity contribution in [2.24, 2.45) is 0 Å². The molecule has 0 fully saturated rings. The van der Waals surface area contributed by atoms with E-state index in [9.17, 15) is 0 Å². The van der Waals surface area contributed by atoms with Gasteiger partial charge in [0.1, 0.15) is 0 Å². The van der Waals surface area contributed by atoms with E-state index in [2.05, 4.69) is 69.3 Å². The third kappa shape index (κ3) is 4.13. The fourth-order valence-electron chi connectivity index (χ4n) is 3.19. The molecule has 3 aromatic carbocycles. The molecule has 0 radical (unpaired) electrons. The van der Waals surface area contributed by atoms with Crippen LogP contribution < -0.4 is 0 Å². The second kappa shape index (κ2) is 8.72. The molecule has 1 atom stereocenters. The van der Waals surface area contributed by atoms with Crippen LogP contribution in [0, 0.1) is 6.92 Å². The Balaban J connectivity index is 0.000000849. The molecule has 0 saturated carbocycles. The van der Waals surface area contributed by atoms with E-state index >= 15 is 0 Å². The van der Waals surface area contributed by atoms with Crippen molar-refractivity contribution in [1.82, 2.24) is 0 Å². The topological polar surface area (TPSA) is 0 Å². The van der Waals surface area contributed by atoms with Crippen LogP contribution >= 0.6 is 0 Å². The van der Waals surface area contributed by atoms with Gasteiger partial charge in [-0.1, -0.05) is 83.5 Å². The molecule has 0 aliphatic carbocycles. The molecule has 0 N–H and O–H groups in total. The lowest BCUT2D eigenvalue weighted by Crippen LogP contribution is -1.94. The first-order valence-electron chi connectivity index (χ1n) is 8.62. The van der Waals surface area contributed by atoms with Crippen molar-refractivity contribution < 1.29 is 0 Å². The van der Waals surface area contributed by atoms with Crippen molar-refractivity contribution in [3.63, 3.8) is 0 Å². The van der Waals surface area contributed by atoms with Crippen molar-refractivity contribution in [1.29, 1.82) is 0 Å². The van der Waals surface area contributed by atoms with E-state index in [0.717, 1.165) is 0 Å². The molecule has 1 unspecified atom stereocenters. The van der Waals surface area contributed by atoms with Gasteiger partial charge in [0.05, 0.1) is 0 Å². The standard InChI is InChI=1S/C20H22.C2H6.CH4/c1-4-6-15(3)19-8-5-7-17-12-18-11-14(2)9-10-16(18)13-20(17)19;1-2;/h5,7-13,15H,4,6H2,1-3H3;1-2H3;1H4. The van der Waals surface area contributed by atoms with Crippen LogP contribution in [-0.2, 0) is 0 Å². The minimum absolute atomic E-state index is 0. The van der Waals surface area contributed by atoms with Crippen LogP contribution in [0.5, 0.6) is 0 Å². The quantitative estimate of drug-likeness (QED) is 0.432. The minimum Gasteiger partial charge on any atom is -0.0776 e. The zero-order valence-corrected chi connectivity index (χ0v) is 14.6. The van der Waals surface area contributed by atoms with E-state index in [0.29, 0.717) is 5.92 Å². The number of rotatable bonds is 3. The molecule has 0 spiro atoms. The molecular weight excluding hydrogens is 276 g/mol. The first kappa shape index (κ1) is 19.2. The summed E-state index contributed by atoms with van der Waals surface area (Å²) in [5, 5.41) is 5.48. The Bertz CT molecular complexity index is 752. The highest BCUT2D eigenvalue weighted by atomic mass is 14.1. The molecule has 3 aromatic rings. The van der Waals surface area contributed by atoms with Gasteiger partial charge >= 0.3 is 0 Å². The van der Waals surface area contributed by atoms with Crippen LogP contribution in [0.1, 0.15) is 65.0 Å². The van der Waals surface area contributed by atoms with Gasteiger partial charge in [-0.25, -0.2) is 0 Å². The molecule has 0 aliphatic rings. The molecule has 23 heavy (non-hydrogen) atoms. The number of aryl methyl sites for hydroxylation is 1. The molecule has 0 bridgehead atoms. The van der Waals surface area contributed by atoms with E-state index in [4.69, 9.17) is 0 Å². The monoisotopic (exact) mass is 308 g/mol. The SMILES string of the molecule is C.CC.CCCC(C)c1cccc2cc3cc(C)ccc3cc12. The van der Waals surface area contributed by atoms with E-state index in [-0.39, 0.29) is 7.43 Å². The highest BCUT2D eigenvalue weighted by Crippen LogP contribution is 2.31. The number of hydrogen-bond acceptors (Lipinski definition) is 0. The van der Waals surface area contributed by atoms with Crippen LogP contribution in [0.15, 0.2) is 48.5 Å². The van der Waals surface area contributed by atoms with Crippen LogP contribution in [0.25, 0.3) is 21.5 Å². The Hall–Kier alpha value is -1.82. The Kier molecular flexibility index (Phi) is 7.29. The Morgan fingerprint density at radius 1 is 0.870 bits per heavy atom. The molecule has 0 aliphatic heterocycles. The lowest BCUT2D eigenvalue weighted by Gasteiger charge is -2.14. The summed E-state index contributed by atoms with van der Waals surface area (Å²) in [5.41, 5.74) is 2.82. The van der Waals surface area contributed by atoms with Crippen LogP contribution in [0.3, 0.4) is 0 Å². The maximum absolute atomic E-state index is 2.37. The molecule has 3 rings (SSSR count). The van der Waals surface area contributed by atoms with Gasteiger partial charge in [0.15, 0.2) is 0 Å². The van der Waals surface area contributed by atoms with Crippen molar-refractivity contribution in [3.05, 3.63) is 59.7 Å². The average molecular weight is 309 g/mol. The van der Waals surface area contributed by atoms with Gasteiger partial charge < -0.3 is 0 Å². The molecule has 124 valence electrons. The lowest BCUT2D eigenvalue weighted by molar-refractivity contribution is 0.669. The summed E-state index contributed by atoms with van der Waals surface area (Å²) in [5.74, 6) is 0.631. The van der Waals surface area contributed by atoms with Gasteiger partial charge in [-0.3, -0.25) is 0 Å². The number of fused-ring (bicyclic) bond motifs is 2. The summed E-state index contributed by atoms with van der Waals surface area (Å²) in [4.78, 5) is 0. The molecule has 0 heteroatoms. The molecule has 0 saturated heterocycles. The van der Waals surface area contributed by atoms with Crippen molar-refractivity contribution in [2.45, 2.75) is 60.8 Å². The second-order valence-corrected chi connectivity index (χ2v) is 5.96. The van der Waals surface area contributed by atoms with Gasteiger partial charge in [-0.2, -0.15) is 0 Å². The van der Waals surface area contributed by atoms with Gasteiger partial charge in [-0.05, 0) is 58.5 Å². The minimum atomic E-state index is 0. The van der Waals surface area contributed by atoms with Gasteiger partial charge in [0.2, 0.25) is 0 Å². The highest BCUT2D eigenvalue weighted by molar-refractivity contribution is 6.00. The van der Waals surface area contributed by atoms with E-state index in [1.807, 2.05) is 13.8 Å². The van der Waals surface area contributed by atoms with Crippen LogP contribution in [0.4, 0.5) is 0 Å².